The molecular weight excluding hydrogens is 523 g/mol. The molecule has 1 aliphatic rings. The van der Waals surface area contributed by atoms with Gasteiger partial charge in [-0.1, -0.05) is 112 Å². The van der Waals surface area contributed by atoms with Crippen LogP contribution in [0.3, 0.4) is 0 Å². The molecule has 0 bridgehead atoms. The van der Waals surface area contributed by atoms with E-state index in [0.29, 0.717) is 0 Å². The van der Waals surface area contributed by atoms with Crippen LogP contribution in [0.5, 0.6) is 0 Å². The summed E-state index contributed by atoms with van der Waals surface area (Å²) < 4.78 is 2.40. The van der Waals surface area contributed by atoms with Crippen LogP contribution in [0.25, 0.3) is 38.6 Å². The van der Waals surface area contributed by atoms with Crippen LogP contribution in [-0.2, 0) is 38.1 Å². The van der Waals surface area contributed by atoms with Gasteiger partial charge in [-0.2, -0.15) is 24.3 Å². The minimum Gasteiger partial charge on any atom is -0.309 e. The summed E-state index contributed by atoms with van der Waals surface area (Å²) in [6.07, 6.45) is 0. The number of para-hydroxylation sites is 2. The van der Waals surface area contributed by atoms with Crippen LogP contribution in [0, 0.1) is 6.07 Å². The van der Waals surface area contributed by atoms with E-state index in [1.165, 1.54) is 49.7 Å². The second-order valence-electron chi connectivity index (χ2n) is 8.20. The van der Waals surface area contributed by atoms with Gasteiger partial charge in [-0.15, -0.1) is 11.1 Å². The molecule has 1 aliphatic carbocycles. The zero-order valence-corrected chi connectivity index (χ0v) is 27.4. The number of hydrogen-bond donors (Lipinski definition) is 0. The van der Waals surface area contributed by atoms with Crippen LogP contribution in [0.2, 0.25) is 0 Å². The molecule has 1 nitrogen and oxygen atoms in total. The summed E-state index contributed by atoms with van der Waals surface area (Å²) in [5.74, 6) is 0. The third kappa shape index (κ3) is 5.94. The number of aromatic nitrogens is 1. The summed E-state index contributed by atoms with van der Waals surface area (Å²) in [6.45, 7) is 20.6. The molecule has 2 heteroatoms. The molecule has 4 aromatic carbocycles. The second-order valence-corrected chi connectivity index (χ2v) is 8.20. The third-order valence-electron chi connectivity index (χ3n) is 6.34. The van der Waals surface area contributed by atoms with E-state index in [-0.39, 0.29) is 38.1 Å². The van der Waals surface area contributed by atoms with Crippen LogP contribution in [-0.4, -0.2) is 4.57 Å². The van der Waals surface area contributed by atoms with Gasteiger partial charge in [-0.3, -0.25) is 0 Å². The van der Waals surface area contributed by atoms with Crippen molar-refractivity contribution in [2.45, 2.75) is 74.7 Å². The van der Waals surface area contributed by atoms with E-state index < -0.39 is 0 Å². The summed E-state index contributed by atoms with van der Waals surface area (Å²) in [5, 5.41) is 2.60. The third-order valence-corrected chi connectivity index (χ3v) is 6.34. The quantitative estimate of drug-likeness (QED) is 0.178. The van der Waals surface area contributed by atoms with Crippen LogP contribution in [0.1, 0.15) is 80.4 Å². The first kappa shape index (κ1) is 32.8. The van der Waals surface area contributed by atoms with Crippen LogP contribution < -0.4 is 0 Å². The smallest absolute Gasteiger partial charge is 0.0541 e. The minimum atomic E-state index is -0.0167. The van der Waals surface area contributed by atoms with E-state index >= 15 is 0 Å². The van der Waals surface area contributed by atoms with E-state index in [4.69, 9.17) is 0 Å². The molecule has 0 saturated carbocycles. The first-order valence-corrected chi connectivity index (χ1v) is 13.8. The van der Waals surface area contributed by atoms with Gasteiger partial charge in [0.2, 0.25) is 0 Å². The van der Waals surface area contributed by atoms with Crippen molar-refractivity contribution in [1.29, 1.82) is 0 Å². The van der Waals surface area contributed by atoms with E-state index in [9.17, 15) is 0 Å². The molecule has 6 rings (SSSR count). The first-order chi connectivity index (χ1) is 17.7. The topological polar surface area (TPSA) is 4.93 Å². The van der Waals surface area contributed by atoms with Crippen LogP contribution in [0.15, 0.2) is 84.9 Å². The van der Waals surface area contributed by atoms with Gasteiger partial charge in [0.15, 0.2) is 0 Å². The summed E-state index contributed by atoms with van der Waals surface area (Å²) in [7, 11) is 0. The molecule has 0 aliphatic heterocycles. The normalized spacial score (nSPS) is 11.5. The van der Waals surface area contributed by atoms with Crippen LogP contribution in [0.4, 0.5) is 0 Å². The number of fused-ring (bicyclic) bond motifs is 6. The summed E-state index contributed by atoms with van der Waals surface area (Å²) >= 11 is 0. The molecule has 0 spiro atoms. The Morgan fingerprint density at radius 1 is 0.595 bits per heavy atom. The molecule has 0 saturated heterocycles. The van der Waals surface area contributed by atoms with Gasteiger partial charge in [-0.05, 0) is 40.8 Å². The van der Waals surface area contributed by atoms with Crippen molar-refractivity contribution in [2.24, 2.45) is 0 Å². The maximum Gasteiger partial charge on any atom is 0.0541 e. The Balaban J connectivity index is 0.000000699. The summed E-state index contributed by atoms with van der Waals surface area (Å²) in [6, 6.07) is 33.9. The second kappa shape index (κ2) is 15.3. The van der Waals surface area contributed by atoms with Gasteiger partial charge in [-0.25, -0.2) is 0 Å². The Hall–Kier alpha value is -2.22. The largest absolute Gasteiger partial charge is 0.309 e. The van der Waals surface area contributed by atoms with Crippen molar-refractivity contribution in [2.75, 3.05) is 0 Å². The molecule has 0 fully saturated rings. The number of hydrogen-bond acceptors (Lipinski definition) is 0. The number of rotatable bonds is 1. The van der Waals surface area contributed by atoms with Crippen molar-refractivity contribution < 1.29 is 32.7 Å². The molecule has 0 unspecified atom stereocenters. The van der Waals surface area contributed by atoms with Gasteiger partial charge in [0.05, 0.1) is 11.0 Å². The molecule has 193 valence electrons. The molecule has 0 N–H and O–H groups in total. The standard InChI is InChI=1S/C27H20N.4C2H6.Y/c1-27(2)23-12-6-3-9-19(23)20-16-15-18(17-24(20)27)28-25-13-7-4-10-21(25)22-11-5-8-14-26(22)28;4*1-2;/h3-5,7-17H,1-2H3;4*1-2H3;/q-1;;;;;. The average molecular weight is 568 g/mol. The predicted octanol–water partition coefficient (Wildman–Crippen LogP) is 11.0. The Bertz CT molecular complexity index is 1340. The molecule has 1 aromatic heterocycles. The monoisotopic (exact) mass is 567 g/mol. The molecule has 0 atom stereocenters. The van der Waals surface area contributed by atoms with Crippen molar-refractivity contribution in [3.63, 3.8) is 0 Å². The van der Waals surface area contributed by atoms with Crippen molar-refractivity contribution in [3.05, 3.63) is 102 Å². The summed E-state index contributed by atoms with van der Waals surface area (Å²) in [4.78, 5) is 0. The molecular formula is C35H44NY-. The van der Waals surface area contributed by atoms with Crippen LogP contribution >= 0.6 is 0 Å². The van der Waals surface area contributed by atoms with Crippen molar-refractivity contribution in [3.8, 4) is 16.8 Å². The molecule has 1 radical (unpaired) electrons. The van der Waals surface area contributed by atoms with Gasteiger partial charge in [0.25, 0.3) is 0 Å². The predicted molar refractivity (Wildman–Crippen MR) is 163 cm³/mol. The zero-order chi connectivity index (χ0) is 26.9. The first-order valence-electron chi connectivity index (χ1n) is 13.8. The Kier molecular flexibility index (Phi) is 13.5. The van der Waals surface area contributed by atoms with Crippen molar-refractivity contribution >= 4 is 21.8 Å². The molecule has 1 heterocycles. The van der Waals surface area contributed by atoms with Gasteiger partial charge < -0.3 is 4.57 Å². The fourth-order valence-corrected chi connectivity index (χ4v) is 4.95. The molecule has 5 aromatic rings. The SMILES string of the molecule is CC.CC.CC.CC.CC1(C)c2c[c-]ccc2-c2ccc(-n3c4ccccc4c4ccccc43)cc21.[Y]. The molecule has 37 heavy (non-hydrogen) atoms. The Morgan fingerprint density at radius 3 is 1.62 bits per heavy atom. The fourth-order valence-electron chi connectivity index (χ4n) is 4.95. The molecule has 0 amide bonds. The summed E-state index contributed by atoms with van der Waals surface area (Å²) in [5.41, 5.74) is 9.16. The fraction of sp³-hybridized carbons (Fsp3) is 0.314. The maximum atomic E-state index is 3.27. The van der Waals surface area contributed by atoms with Crippen molar-refractivity contribution in [1.82, 2.24) is 4.57 Å². The Morgan fingerprint density at radius 2 is 1.08 bits per heavy atom. The van der Waals surface area contributed by atoms with Gasteiger partial charge in [0, 0.05) is 49.2 Å². The Labute approximate surface area is 251 Å². The average Bonchev–Trinajstić information content (AvgIpc) is 3.42. The number of nitrogens with zero attached hydrogens (tertiary/aromatic N) is 1. The van der Waals surface area contributed by atoms with Gasteiger partial charge >= 0.3 is 0 Å². The zero-order valence-electron chi connectivity index (χ0n) is 24.6. The van der Waals surface area contributed by atoms with E-state index in [0.717, 1.165) is 0 Å². The van der Waals surface area contributed by atoms with E-state index in [2.05, 4.69) is 103 Å². The van der Waals surface area contributed by atoms with E-state index in [1.807, 2.05) is 61.5 Å². The maximum absolute atomic E-state index is 3.27. The number of benzene rings is 4. The minimum absolute atomic E-state index is 0. The van der Waals surface area contributed by atoms with E-state index in [1.54, 1.807) is 0 Å². The van der Waals surface area contributed by atoms with Gasteiger partial charge in [0.1, 0.15) is 0 Å².